The summed E-state index contributed by atoms with van der Waals surface area (Å²) in [7, 11) is 4.07. The Hall–Kier alpha value is -4.28. The summed E-state index contributed by atoms with van der Waals surface area (Å²) in [5.41, 5.74) is 6.88. The fourth-order valence-corrected chi connectivity index (χ4v) is 5.15. The van der Waals surface area contributed by atoms with Crippen molar-refractivity contribution in [2.24, 2.45) is 0 Å². The van der Waals surface area contributed by atoms with Crippen LogP contribution >= 0.6 is 11.3 Å². The van der Waals surface area contributed by atoms with Crippen molar-refractivity contribution in [2.45, 2.75) is 20.9 Å². The molecule has 0 aromatic carbocycles. The van der Waals surface area contributed by atoms with Crippen LogP contribution < -0.4 is 0 Å². The van der Waals surface area contributed by atoms with Gasteiger partial charge >= 0.3 is 0 Å². The van der Waals surface area contributed by atoms with Crippen LogP contribution in [0.1, 0.15) is 29.6 Å². The Morgan fingerprint density at radius 2 is 1.84 bits per heavy atom. The second-order valence-electron chi connectivity index (χ2n) is 8.90. The van der Waals surface area contributed by atoms with E-state index in [-0.39, 0.29) is 13.2 Å². The molecule has 0 amide bonds. The van der Waals surface area contributed by atoms with E-state index in [4.69, 9.17) is 4.98 Å². The van der Waals surface area contributed by atoms with Crippen LogP contribution in [-0.2, 0) is 6.54 Å². The van der Waals surface area contributed by atoms with Gasteiger partial charge in [0, 0.05) is 52.9 Å². The third-order valence-electron chi connectivity index (χ3n) is 5.89. The van der Waals surface area contributed by atoms with Gasteiger partial charge in [-0.1, -0.05) is 7.43 Å². The fourth-order valence-electron chi connectivity index (χ4n) is 4.24. The molecule has 0 unspecified atom stereocenters. The molecule has 0 bridgehead atoms. The molecule has 0 saturated carbocycles. The number of hydrogen-bond acceptors (Lipinski definition) is 8. The highest BCUT2D eigenvalue weighted by Gasteiger charge is 2.17. The van der Waals surface area contributed by atoms with Gasteiger partial charge in [-0.15, -0.1) is 11.3 Å². The standard InChI is InChI=1S/C26H22N8OS.CH4/c1-14(35)21-4-5-22(36-21)19-11-28-12-20-23(19)31-26(30-20)24-18-7-17(10-29-25(18)33-32-24)16-6-15(8-27-9-16)13-34(2)3;/h4-12H,13H2,1-3H3,(H,30,31)(H,29,32,33);1H4. The van der Waals surface area contributed by atoms with Crippen molar-refractivity contribution in [1.82, 2.24) is 40.0 Å². The van der Waals surface area contributed by atoms with E-state index >= 15 is 0 Å². The molecule has 186 valence electrons. The number of carbonyl (C=O) groups excluding carboxylic acids is 1. The predicted octanol–water partition coefficient (Wildman–Crippen LogP) is 5.59. The molecule has 0 radical (unpaired) electrons. The summed E-state index contributed by atoms with van der Waals surface area (Å²) in [5, 5.41) is 8.34. The van der Waals surface area contributed by atoms with Crippen LogP contribution in [0.5, 0.6) is 0 Å². The number of rotatable bonds is 6. The van der Waals surface area contributed by atoms with Gasteiger partial charge in [0.05, 0.1) is 22.0 Å². The molecule has 9 nitrogen and oxygen atoms in total. The van der Waals surface area contributed by atoms with Crippen molar-refractivity contribution in [3.63, 3.8) is 0 Å². The fraction of sp³-hybridized carbons (Fsp3) is 0.185. The zero-order valence-corrected chi connectivity index (χ0v) is 20.7. The molecule has 10 heteroatoms. The van der Waals surface area contributed by atoms with Crippen LogP contribution in [0.3, 0.4) is 0 Å². The number of H-pyrrole nitrogens is 2. The highest BCUT2D eigenvalue weighted by molar-refractivity contribution is 7.17. The van der Waals surface area contributed by atoms with Crippen molar-refractivity contribution >= 4 is 39.2 Å². The van der Waals surface area contributed by atoms with E-state index in [1.807, 2.05) is 44.8 Å². The first-order valence-electron chi connectivity index (χ1n) is 11.3. The van der Waals surface area contributed by atoms with Crippen molar-refractivity contribution in [2.75, 3.05) is 14.1 Å². The van der Waals surface area contributed by atoms with Crippen molar-refractivity contribution < 1.29 is 4.79 Å². The molecule has 6 rings (SSSR count). The maximum atomic E-state index is 11.8. The molecule has 0 spiro atoms. The molecule has 2 N–H and O–H groups in total. The van der Waals surface area contributed by atoms with E-state index in [1.165, 1.54) is 11.3 Å². The number of aromatic nitrogens is 7. The Morgan fingerprint density at radius 1 is 1.03 bits per heavy atom. The predicted molar refractivity (Wildman–Crippen MR) is 147 cm³/mol. The van der Waals surface area contributed by atoms with Gasteiger partial charge in [-0.3, -0.25) is 19.9 Å². The van der Waals surface area contributed by atoms with Gasteiger partial charge in [0.2, 0.25) is 0 Å². The van der Waals surface area contributed by atoms with E-state index in [0.717, 1.165) is 55.8 Å². The molecule has 37 heavy (non-hydrogen) atoms. The smallest absolute Gasteiger partial charge is 0.181 e. The molecule has 6 heterocycles. The Kier molecular flexibility index (Phi) is 6.36. The first kappa shape index (κ1) is 24.4. The van der Waals surface area contributed by atoms with E-state index in [1.54, 1.807) is 19.3 Å². The summed E-state index contributed by atoms with van der Waals surface area (Å²) >= 11 is 1.44. The van der Waals surface area contributed by atoms with E-state index < -0.39 is 0 Å². The maximum absolute atomic E-state index is 11.8. The molecule has 0 aliphatic carbocycles. The molecule has 0 aliphatic heterocycles. The average Bonchev–Trinajstić information content (AvgIpc) is 3.60. The van der Waals surface area contributed by atoms with Gasteiger partial charge < -0.3 is 9.88 Å². The molecule has 0 aliphatic rings. The third-order valence-corrected chi connectivity index (χ3v) is 7.11. The van der Waals surface area contributed by atoms with Crippen LogP contribution in [0.25, 0.3) is 55.2 Å². The Balaban J connectivity index is 0.00000280. The highest BCUT2D eigenvalue weighted by atomic mass is 32.1. The highest BCUT2D eigenvalue weighted by Crippen LogP contribution is 2.35. The Labute approximate surface area is 217 Å². The van der Waals surface area contributed by atoms with E-state index in [2.05, 4.69) is 47.2 Å². The number of carbonyl (C=O) groups is 1. The number of hydrogen-bond donors (Lipinski definition) is 2. The second-order valence-corrected chi connectivity index (χ2v) is 9.99. The van der Waals surface area contributed by atoms with Crippen LogP contribution in [0, 0.1) is 0 Å². The maximum Gasteiger partial charge on any atom is 0.181 e. The lowest BCUT2D eigenvalue weighted by atomic mass is 10.1. The largest absolute Gasteiger partial charge is 0.335 e. The summed E-state index contributed by atoms with van der Waals surface area (Å²) in [6.07, 6.45) is 9.07. The minimum atomic E-state index is 0. The number of nitrogens with one attached hydrogen (secondary N) is 2. The first-order valence-corrected chi connectivity index (χ1v) is 12.2. The third kappa shape index (κ3) is 4.52. The quantitative estimate of drug-likeness (QED) is 0.281. The van der Waals surface area contributed by atoms with Gasteiger partial charge in [0.25, 0.3) is 0 Å². The molecule has 0 saturated heterocycles. The Bertz CT molecular complexity index is 1750. The summed E-state index contributed by atoms with van der Waals surface area (Å²) in [6, 6.07) is 7.96. The first-order chi connectivity index (χ1) is 17.5. The summed E-state index contributed by atoms with van der Waals surface area (Å²) in [5.74, 6) is 0.687. The minimum Gasteiger partial charge on any atom is -0.335 e. The molecule has 0 atom stereocenters. The number of imidazole rings is 1. The number of thiophene rings is 1. The van der Waals surface area contributed by atoms with Crippen molar-refractivity contribution in [3.05, 3.63) is 65.7 Å². The summed E-state index contributed by atoms with van der Waals surface area (Å²) in [4.78, 5) is 37.2. The molecule has 6 aromatic rings. The van der Waals surface area contributed by atoms with Crippen molar-refractivity contribution in [1.29, 1.82) is 0 Å². The average molecular weight is 511 g/mol. The number of aromatic amines is 2. The molecule has 0 fully saturated rings. The molecular formula is C27H26N8OS. The second kappa shape index (κ2) is 9.64. The van der Waals surface area contributed by atoms with Gasteiger partial charge in [-0.05, 0) is 50.8 Å². The summed E-state index contributed by atoms with van der Waals surface area (Å²) < 4.78 is 0. The Morgan fingerprint density at radius 3 is 2.62 bits per heavy atom. The molecule has 6 aromatic heterocycles. The van der Waals surface area contributed by atoms with Gasteiger partial charge in [-0.25, -0.2) is 9.97 Å². The van der Waals surface area contributed by atoms with Gasteiger partial charge in [0.15, 0.2) is 17.3 Å². The topological polar surface area (TPSA) is 116 Å². The van der Waals surface area contributed by atoms with Crippen LogP contribution in [-0.4, -0.2) is 59.9 Å². The van der Waals surface area contributed by atoms with Crippen LogP contribution in [0.4, 0.5) is 0 Å². The lowest BCUT2D eigenvalue weighted by Gasteiger charge is -2.10. The summed E-state index contributed by atoms with van der Waals surface area (Å²) in [6.45, 7) is 2.38. The number of Topliss-reactive ketones (excluding diaryl/α,β-unsaturated/α-hetero) is 1. The zero-order valence-electron chi connectivity index (χ0n) is 19.9. The number of pyridine rings is 3. The van der Waals surface area contributed by atoms with E-state index in [9.17, 15) is 4.79 Å². The lowest BCUT2D eigenvalue weighted by Crippen LogP contribution is -2.10. The lowest BCUT2D eigenvalue weighted by molar-refractivity contribution is 0.102. The van der Waals surface area contributed by atoms with Crippen LogP contribution in [0.2, 0.25) is 0 Å². The minimum absolute atomic E-state index is 0. The van der Waals surface area contributed by atoms with E-state index in [0.29, 0.717) is 16.3 Å². The SMILES string of the molecule is C.CC(=O)c1ccc(-c2cncc3[nH]c(-c4[nH]nc5ncc(-c6cncc(CN(C)C)c6)cc45)nc23)s1. The molecular weight excluding hydrogens is 484 g/mol. The van der Waals surface area contributed by atoms with Crippen LogP contribution in [0.15, 0.2) is 55.2 Å². The van der Waals surface area contributed by atoms with Gasteiger partial charge in [0.1, 0.15) is 11.2 Å². The number of nitrogens with zero attached hydrogens (tertiary/aromatic N) is 6. The van der Waals surface area contributed by atoms with Gasteiger partial charge in [-0.2, -0.15) is 5.10 Å². The monoisotopic (exact) mass is 510 g/mol. The normalized spacial score (nSPS) is 11.4. The zero-order chi connectivity index (χ0) is 24.8. The number of fused-ring (bicyclic) bond motifs is 2. The van der Waals surface area contributed by atoms with Crippen molar-refractivity contribution in [3.8, 4) is 33.1 Å². The number of ketones is 1.